The van der Waals surface area contributed by atoms with Gasteiger partial charge in [-0.15, -0.1) is 0 Å². The number of rotatable bonds is 2. The van der Waals surface area contributed by atoms with Gasteiger partial charge in [0.1, 0.15) is 0 Å². The second kappa shape index (κ2) is 2.73. The molecule has 3 nitrogen and oxygen atoms in total. The maximum atomic E-state index is 6.08. The minimum atomic E-state index is 0.102. The van der Waals surface area contributed by atoms with Crippen LogP contribution >= 0.6 is 0 Å². The Morgan fingerprint density at radius 3 is 2.36 bits per heavy atom. The van der Waals surface area contributed by atoms with Crippen LogP contribution in [0.25, 0.3) is 0 Å². The summed E-state index contributed by atoms with van der Waals surface area (Å²) in [6.45, 7) is 5.63. The fraction of sp³-hybridized carbons (Fsp3) is 1.00. The van der Waals surface area contributed by atoms with Crippen LogP contribution in [-0.4, -0.2) is 43.2 Å². The van der Waals surface area contributed by atoms with Gasteiger partial charge in [0.15, 0.2) is 0 Å². The highest BCUT2D eigenvalue weighted by Gasteiger charge is 2.34. The number of hydrogen-bond donors (Lipinski definition) is 2. The molecule has 3 heteroatoms. The Bertz CT molecular complexity index is 136. The van der Waals surface area contributed by atoms with E-state index in [0.717, 1.165) is 19.6 Å². The lowest BCUT2D eigenvalue weighted by Crippen LogP contribution is -2.70. The van der Waals surface area contributed by atoms with E-state index in [1.807, 2.05) is 0 Å². The first-order valence-electron chi connectivity index (χ1n) is 4.51. The summed E-state index contributed by atoms with van der Waals surface area (Å²) < 4.78 is 0. The molecule has 0 aromatic carbocycles. The van der Waals surface area contributed by atoms with Crippen LogP contribution in [0.5, 0.6) is 0 Å². The van der Waals surface area contributed by atoms with Gasteiger partial charge in [-0.2, -0.15) is 0 Å². The van der Waals surface area contributed by atoms with Crippen molar-refractivity contribution in [2.24, 2.45) is 5.73 Å². The third-order valence-corrected chi connectivity index (χ3v) is 2.69. The molecule has 2 heterocycles. The third kappa shape index (κ3) is 1.55. The fourth-order valence-electron chi connectivity index (χ4n) is 1.94. The average Bonchev–Trinajstić information content (AvgIpc) is 2.36. The van der Waals surface area contributed by atoms with Gasteiger partial charge < -0.3 is 16.0 Å². The molecule has 0 radical (unpaired) electrons. The summed E-state index contributed by atoms with van der Waals surface area (Å²) in [6.07, 6.45) is 2.73. The Kier molecular flexibility index (Phi) is 1.87. The van der Waals surface area contributed by atoms with Gasteiger partial charge in [-0.05, 0) is 25.9 Å². The predicted octanol–water partition coefficient (Wildman–Crippen LogP) is -0.617. The van der Waals surface area contributed by atoms with Crippen LogP contribution in [-0.2, 0) is 0 Å². The quantitative estimate of drug-likeness (QED) is 0.558. The maximum Gasteiger partial charge on any atom is 0.0536 e. The van der Waals surface area contributed by atoms with E-state index in [4.69, 9.17) is 5.73 Å². The van der Waals surface area contributed by atoms with Gasteiger partial charge in [0, 0.05) is 19.6 Å². The molecule has 0 atom stereocenters. The van der Waals surface area contributed by atoms with Crippen LogP contribution in [0.3, 0.4) is 0 Å². The molecule has 0 spiro atoms. The van der Waals surface area contributed by atoms with Crippen LogP contribution in [0.15, 0.2) is 0 Å². The first kappa shape index (κ1) is 7.53. The number of likely N-dealkylation sites (tertiary alicyclic amines) is 1. The summed E-state index contributed by atoms with van der Waals surface area (Å²) in [6, 6.07) is 0. The smallest absolute Gasteiger partial charge is 0.0536 e. The van der Waals surface area contributed by atoms with Gasteiger partial charge in [-0.25, -0.2) is 0 Å². The molecular formula is C8H17N3. The largest absolute Gasteiger partial charge is 0.322 e. The number of hydrogen-bond acceptors (Lipinski definition) is 3. The molecule has 3 N–H and O–H groups in total. The average molecular weight is 155 g/mol. The molecule has 2 rings (SSSR count). The van der Waals surface area contributed by atoms with E-state index in [-0.39, 0.29) is 5.54 Å². The van der Waals surface area contributed by atoms with Crippen LogP contribution in [0.4, 0.5) is 0 Å². The summed E-state index contributed by atoms with van der Waals surface area (Å²) >= 11 is 0. The molecule has 0 amide bonds. The molecule has 64 valence electrons. The van der Waals surface area contributed by atoms with E-state index in [0.29, 0.717) is 0 Å². The Morgan fingerprint density at radius 2 is 1.91 bits per heavy atom. The van der Waals surface area contributed by atoms with Crippen LogP contribution in [0, 0.1) is 0 Å². The summed E-state index contributed by atoms with van der Waals surface area (Å²) in [4.78, 5) is 2.49. The summed E-state index contributed by atoms with van der Waals surface area (Å²) in [7, 11) is 0. The Balaban J connectivity index is 1.79. The van der Waals surface area contributed by atoms with Crippen molar-refractivity contribution in [3.63, 3.8) is 0 Å². The zero-order chi connectivity index (χ0) is 7.73. The highest BCUT2D eigenvalue weighted by Crippen LogP contribution is 2.14. The van der Waals surface area contributed by atoms with E-state index >= 15 is 0 Å². The van der Waals surface area contributed by atoms with E-state index in [9.17, 15) is 0 Å². The molecular weight excluding hydrogens is 138 g/mol. The number of nitrogens with one attached hydrogen (secondary N) is 1. The SMILES string of the molecule is NC1(CN2CCCC2)CNC1. The second-order valence-corrected chi connectivity index (χ2v) is 3.95. The Morgan fingerprint density at radius 1 is 1.27 bits per heavy atom. The summed E-state index contributed by atoms with van der Waals surface area (Å²) in [5, 5.41) is 3.22. The monoisotopic (exact) mass is 155 g/mol. The molecule has 2 aliphatic rings. The predicted molar refractivity (Wildman–Crippen MR) is 45.5 cm³/mol. The van der Waals surface area contributed by atoms with Crippen molar-refractivity contribution in [3.05, 3.63) is 0 Å². The number of nitrogens with zero attached hydrogens (tertiary/aromatic N) is 1. The van der Waals surface area contributed by atoms with Gasteiger partial charge in [0.05, 0.1) is 5.54 Å². The molecule has 0 saturated carbocycles. The molecule has 11 heavy (non-hydrogen) atoms. The van der Waals surface area contributed by atoms with Crippen LogP contribution in [0.1, 0.15) is 12.8 Å². The minimum Gasteiger partial charge on any atom is -0.322 e. The molecule has 2 fully saturated rings. The van der Waals surface area contributed by atoms with Crippen LogP contribution < -0.4 is 11.1 Å². The zero-order valence-corrected chi connectivity index (χ0v) is 6.97. The molecule has 0 aromatic heterocycles. The Hall–Kier alpha value is -0.120. The Labute approximate surface area is 67.9 Å². The van der Waals surface area contributed by atoms with Crippen molar-refractivity contribution in [2.75, 3.05) is 32.7 Å². The second-order valence-electron chi connectivity index (χ2n) is 3.95. The zero-order valence-electron chi connectivity index (χ0n) is 6.97. The normalized spacial score (nSPS) is 30.3. The molecule has 0 unspecified atom stereocenters. The van der Waals surface area contributed by atoms with E-state index in [2.05, 4.69) is 10.2 Å². The molecule has 0 bridgehead atoms. The van der Waals surface area contributed by atoms with Gasteiger partial charge in [0.25, 0.3) is 0 Å². The lowest BCUT2D eigenvalue weighted by molar-refractivity contribution is 0.186. The van der Waals surface area contributed by atoms with Crippen molar-refractivity contribution in [1.82, 2.24) is 10.2 Å². The van der Waals surface area contributed by atoms with Crippen molar-refractivity contribution >= 4 is 0 Å². The van der Waals surface area contributed by atoms with Crippen molar-refractivity contribution < 1.29 is 0 Å². The van der Waals surface area contributed by atoms with Crippen molar-refractivity contribution in [3.8, 4) is 0 Å². The van der Waals surface area contributed by atoms with Gasteiger partial charge in [0.2, 0.25) is 0 Å². The third-order valence-electron chi connectivity index (χ3n) is 2.69. The van der Waals surface area contributed by atoms with E-state index < -0.39 is 0 Å². The van der Waals surface area contributed by atoms with Gasteiger partial charge >= 0.3 is 0 Å². The fourth-order valence-corrected chi connectivity index (χ4v) is 1.94. The van der Waals surface area contributed by atoms with E-state index in [1.54, 1.807) is 0 Å². The first-order valence-corrected chi connectivity index (χ1v) is 4.51. The van der Waals surface area contributed by atoms with Crippen LogP contribution in [0.2, 0.25) is 0 Å². The van der Waals surface area contributed by atoms with E-state index in [1.165, 1.54) is 25.9 Å². The number of nitrogens with two attached hydrogens (primary N) is 1. The lowest BCUT2D eigenvalue weighted by Gasteiger charge is -2.41. The summed E-state index contributed by atoms with van der Waals surface area (Å²) in [5.74, 6) is 0. The molecule has 0 aliphatic carbocycles. The molecule has 2 aliphatic heterocycles. The maximum absolute atomic E-state index is 6.08. The van der Waals surface area contributed by atoms with Gasteiger partial charge in [-0.3, -0.25) is 0 Å². The van der Waals surface area contributed by atoms with Gasteiger partial charge in [-0.1, -0.05) is 0 Å². The molecule has 0 aromatic rings. The first-order chi connectivity index (χ1) is 5.29. The lowest BCUT2D eigenvalue weighted by atomic mass is 9.93. The summed E-state index contributed by atoms with van der Waals surface area (Å²) in [5.41, 5.74) is 6.18. The minimum absolute atomic E-state index is 0.102. The van der Waals surface area contributed by atoms with Crippen molar-refractivity contribution in [2.45, 2.75) is 18.4 Å². The van der Waals surface area contributed by atoms with Crippen molar-refractivity contribution in [1.29, 1.82) is 0 Å². The highest BCUT2D eigenvalue weighted by molar-refractivity contribution is 5.00. The topological polar surface area (TPSA) is 41.3 Å². The highest BCUT2D eigenvalue weighted by atomic mass is 15.2. The molecule has 2 saturated heterocycles. The standard InChI is InChI=1S/C8H17N3/c9-8(5-10-6-8)7-11-3-1-2-4-11/h10H,1-7,9H2.